The Morgan fingerprint density at radius 2 is 1.22 bits per heavy atom. The molecule has 0 fully saturated rings. The third-order valence-corrected chi connectivity index (χ3v) is 4.33. The molecule has 4 nitrogen and oxygen atoms in total. The summed E-state index contributed by atoms with van der Waals surface area (Å²) in [5.41, 5.74) is 0. The van der Waals surface area contributed by atoms with Gasteiger partial charge in [-0.15, -0.1) is 0 Å². The zero-order chi connectivity index (χ0) is 14.0. The van der Waals surface area contributed by atoms with E-state index in [0.29, 0.717) is 0 Å². The van der Waals surface area contributed by atoms with E-state index in [9.17, 15) is 9.59 Å². The van der Waals surface area contributed by atoms with Crippen LogP contribution in [0.1, 0.15) is 40.5 Å². The Morgan fingerprint density at radius 1 is 0.889 bits per heavy atom. The van der Waals surface area contributed by atoms with Crippen LogP contribution in [-0.2, 0) is 19.1 Å². The lowest BCUT2D eigenvalue weighted by atomic mass is 10.3. The van der Waals surface area contributed by atoms with Gasteiger partial charge in [-0.1, -0.05) is 35.4 Å². The van der Waals surface area contributed by atoms with E-state index in [1.807, 2.05) is 27.7 Å². The summed E-state index contributed by atoms with van der Waals surface area (Å²) < 4.78 is 10.2. The number of rotatable bonds is 9. The van der Waals surface area contributed by atoms with Gasteiger partial charge in [0.2, 0.25) is 0 Å². The third-order valence-electron chi connectivity index (χ3n) is 2.25. The van der Waals surface area contributed by atoms with E-state index in [1.54, 1.807) is 0 Å². The Bertz CT molecular complexity index is 232. The molecule has 2 unspecified atom stereocenters. The third kappa shape index (κ3) is 9.65. The van der Waals surface area contributed by atoms with Crippen molar-refractivity contribution >= 4 is 33.5 Å². The minimum absolute atomic E-state index is 0.0431. The number of carbonyl (C=O) groups is 2. The molecule has 0 aromatic rings. The lowest BCUT2D eigenvalue weighted by molar-refractivity contribution is -0.146. The number of hydrogen-bond donors (Lipinski definition) is 0. The zero-order valence-electron chi connectivity index (χ0n) is 11.4. The number of carbonyl (C=O) groups excluding carboxylic acids is 2. The molecule has 0 saturated heterocycles. The Balaban J connectivity index is 3.55. The van der Waals surface area contributed by atoms with Crippen molar-refractivity contribution in [1.29, 1.82) is 0 Å². The molecule has 0 radical (unpaired) electrons. The second-order valence-corrected chi connectivity index (χ2v) is 6.40. The second-order valence-electron chi connectivity index (χ2n) is 3.94. The molecule has 0 aromatic heterocycles. The molecule has 0 aliphatic rings. The smallest absolute Gasteiger partial charge is 0.317 e. The van der Waals surface area contributed by atoms with Crippen LogP contribution in [0, 0.1) is 0 Å². The van der Waals surface area contributed by atoms with Crippen LogP contribution in [0.5, 0.6) is 0 Å². The summed E-state index contributed by atoms with van der Waals surface area (Å²) >= 11 is 0. The van der Waals surface area contributed by atoms with Crippen molar-refractivity contribution in [3.63, 3.8) is 0 Å². The van der Waals surface area contributed by atoms with E-state index in [4.69, 9.17) is 9.47 Å². The average Bonchev–Trinajstić information content (AvgIpc) is 2.34. The highest BCUT2D eigenvalue weighted by Crippen LogP contribution is 2.21. The highest BCUT2D eigenvalue weighted by molar-refractivity contribution is 8.77. The second kappa shape index (κ2) is 10.6. The van der Waals surface area contributed by atoms with Gasteiger partial charge in [0.15, 0.2) is 0 Å². The quantitative estimate of drug-likeness (QED) is 0.370. The molecule has 0 aliphatic heterocycles. The Hall–Kier alpha value is -0.360. The van der Waals surface area contributed by atoms with Crippen LogP contribution in [0.15, 0.2) is 0 Å². The normalized spacial score (nSPS) is 13.8. The van der Waals surface area contributed by atoms with Crippen LogP contribution in [0.4, 0.5) is 0 Å². The molecule has 6 heteroatoms. The van der Waals surface area contributed by atoms with E-state index in [-0.39, 0.29) is 35.7 Å². The maximum Gasteiger partial charge on any atom is 0.317 e. The van der Waals surface area contributed by atoms with Gasteiger partial charge in [-0.25, -0.2) is 0 Å². The Labute approximate surface area is 117 Å². The fourth-order valence-electron chi connectivity index (χ4n) is 0.863. The topological polar surface area (TPSA) is 52.6 Å². The summed E-state index contributed by atoms with van der Waals surface area (Å²) in [6.07, 6.45) is 1.53. The maximum absolute atomic E-state index is 11.3. The molecule has 0 heterocycles. The molecule has 0 amide bonds. The van der Waals surface area contributed by atoms with E-state index in [2.05, 4.69) is 0 Å². The molecule has 0 rings (SSSR count). The monoisotopic (exact) mass is 294 g/mol. The van der Waals surface area contributed by atoms with E-state index >= 15 is 0 Å². The fourth-order valence-corrected chi connectivity index (χ4v) is 2.44. The van der Waals surface area contributed by atoms with Gasteiger partial charge in [-0.3, -0.25) is 9.59 Å². The molecule has 2 atom stereocenters. The van der Waals surface area contributed by atoms with E-state index in [1.165, 1.54) is 21.6 Å². The van der Waals surface area contributed by atoms with Crippen LogP contribution < -0.4 is 0 Å². The van der Waals surface area contributed by atoms with Gasteiger partial charge < -0.3 is 9.47 Å². The number of ether oxygens (including phenoxy) is 2. The highest BCUT2D eigenvalue weighted by Gasteiger charge is 2.10. The summed E-state index contributed by atoms with van der Waals surface area (Å²) in [6, 6.07) is 0. The van der Waals surface area contributed by atoms with Gasteiger partial charge >= 0.3 is 11.9 Å². The van der Waals surface area contributed by atoms with Gasteiger partial charge in [0, 0.05) is 0 Å². The molecule has 0 bridgehead atoms. The van der Waals surface area contributed by atoms with Crippen LogP contribution >= 0.6 is 21.6 Å². The van der Waals surface area contributed by atoms with Crippen molar-refractivity contribution in [2.24, 2.45) is 0 Å². The first-order valence-electron chi connectivity index (χ1n) is 6.12. The van der Waals surface area contributed by atoms with Crippen molar-refractivity contribution in [2.75, 3.05) is 11.5 Å². The summed E-state index contributed by atoms with van der Waals surface area (Å²) in [5, 5.41) is 0. The first-order valence-corrected chi connectivity index (χ1v) is 8.61. The largest absolute Gasteiger partial charge is 0.462 e. The van der Waals surface area contributed by atoms with Gasteiger partial charge in [0.25, 0.3) is 0 Å². The van der Waals surface area contributed by atoms with Gasteiger partial charge in [0.05, 0.1) is 12.2 Å². The van der Waals surface area contributed by atoms with Crippen LogP contribution in [0.2, 0.25) is 0 Å². The molecule has 106 valence electrons. The number of esters is 2. The number of hydrogen-bond acceptors (Lipinski definition) is 6. The molecule has 0 aliphatic carbocycles. The van der Waals surface area contributed by atoms with Gasteiger partial charge in [-0.05, 0) is 26.7 Å². The van der Waals surface area contributed by atoms with Crippen LogP contribution in [-0.4, -0.2) is 35.7 Å². The predicted molar refractivity (Wildman–Crippen MR) is 76.6 cm³/mol. The molecule has 0 spiro atoms. The van der Waals surface area contributed by atoms with Gasteiger partial charge in [0.1, 0.15) is 11.5 Å². The summed E-state index contributed by atoms with van der Waals surface area (Å²) in [4.78, 5) is 22.6. The lowest BCUT2D eigenvalue weighted by Gasteiger charge is -2.11. The highest BCUT2D eigenvalue weighted by atomic mass is 33.1. The van der Waals surface area contributed by atoms with Crippen molar-refractivity contribution in [3.8, 4) is 0 Å². The molecule has 0 aromatic carbocycles. The van der Waals surface area contributed by atoms with Gasteiger partial charge in [-0.2, -0.15) is 0 Å². The van der Waals surface area contributed by atoms with Crippen molar-refractivity contribution < 1.29 is 19.1 Å². The first kappa shape index (κ1) is 17.6. The minimum Gasteiger partial charge on any atom is -0.462 e. The maximum atomic E-state index is 11.3. The fraction of sp³-hybridized carbons (Fsp3) is 0.833. The molecular weight excluding hydrogens is 272 g/mol. The summed E-state index contributed by atoms with van der Waals surface area (Å²) in [6.45, 7) is 7.65. The minimum atomic E-state index is -0.239. The molecular formula is C12H22O4S2. The lowest BCUT2D eigenvalue weighted by Crippen LogP contribution is -2.16. The molecule has 18 heavy (non-hydrogen) atoms. The van der Waals surface area contributed by atoms with Crippen molar-refractivity contribution in [3.05, 3.63) is 0 Å². The summed E-state index contributed by atoms with van der Waals surface area (Å²) in [5.74, 6) is 0.0336. The molecule has 0 saturated carbocycles. The predicted octanol–water partition coefficient (Wildman–Crippen LogP) is 3.05. The first-order chi connectivity index (χ1) is 8.49. The van der Waals surface area contributed by atoms with E-state index < -0.39 is 0 Å². The van der Waals surface area contributed by atoms with E-state index in [0.717, 1.165) is 12.8 Å². The van der Waals surface area contributed by atoms with Crippen LogP contribution in [0.25, 0.3) is 0 Å². The Kier molecular flexibility index (Phi) is 10.3. The Morgan fingerprint density at radius 3 is 1.50 bits per heavy atom. The zero-order valence-corrected chi connectivity index (χ0v) is 13.1. The average molecular weight is 294 g/mol. The summed E-state index contributed by atoms with van der Waals surface area (Å²) in [7, 11) is 2.64. The SMILES string of the molecule is CCC(C)OC(=O)CSSCC(=O)OC(C)CC. The van der Waals surface area contributed by atoms with Crippen LogP contribution in [0.3, 0.4) is 0 Å². The van der Waals surface area contributed by atoms with Crippen molar-refractivity contribution in [1.82, 2.24) is 0 Å². The standard InChI is InChI=1S/C12H22O4S2/c1-5-9(3)15-11(13)7-17-18-8-12(14)16-10(4)6-2/h9-10H,5-8H2,1-4H3. The van der Waals surface area contributed by atoms with Crippen molar-refractivity contribution in [2.45, 2.75) is 52.7 Å². The molecule has 0 N–H and O–H groups in total.